The summed E-state index contributed by atoms with van der Waals surface area (Å²) in [6.45, 7) is 20.0. The van der Waals surface area contributed by atoms with E-state index in [1.807, 2.05) is 11.1 Å². The van der Waals surface area contributed by atoms with Gasteiger partial charge in [0.05, 0.1) is 0 Å². The molecule has 1 heterocycles. The van der Waals surface area contributed by atoms with Gasteiger partial charge in [0.15, 0.2) is 0 Å². The molecule has 3 nitrogen and oxygen atoms in total. The Kier molecular flexibility index (Phi) is 5.50. The standard InChI is InChI=1S/C30H48N2O/c1-19(2)10-9-11-20(3)21-14-16-30(8)23-12-13-25-27(4,5)26-24(31-33-32-26)18-28(25,6)22(23)15-17-29(21,30)7/h19-21,25H,9-18H2,1-8H3/t20-,21-,25+,28-,29-,30+/m1/s1. The summed E-state index contributed by atoms with van der Waals surface area (Å²) in [5.74, 6) is 3.19. The Hall–Kier alpha value is -1.12. The highest BCUT2D eigenvalue weighted by molar-refractivity contribution is 5.42. The van der Waals surface area contributed by atoms with E-state index >= 15 is 0 Å². The minimum Gasteiger partial charge on any atom is -0.244 e. The van der Waals surface area contributed by atoms with Gasteiger partial charge in [-0.1, -0.05) is 96.1 Å². The Balaban J connectivity index is 1.48. The minimum atomic E-state index is 0.0334. The summed E-state index contributed by atoms with van der Waals surface area (Å²) in [6, 6.07) is 0. The summed E-state index contributed by atoms with van der Waals surface area (Å²) in [5, 5.41) is 8.77. The predicted molar refractivity (Wildman–Crippen MR) is 135 cm³/mol. The van der Waals surface area contributed by atoms with Gasteiger partial charge in [-0.25, -0.2) is 4.63 Å². The molecule has 0 spiro atoms. The molecule has 184 valence electrons. The largest absolute Gasteiger partial charge is 0.244 e. The van der Waals surface area contributed by atoms with Gasteiger partial charge in [-0.15, -0.1) is 0 Å². The van der Waals surface area contributed by atoms with E-state index in [9.17, 15) is 0 Å². The van der Waals surface area contributed by atoms with Crippen molar-refractivity contribution >= 4 is 0 Å². The number of nitrogens with zero attached hydrogens (tertiary/aromatic N) is 2. The molecule has 1 fully saturated rings. The molecule has 3 heteroatoms. The Morgan fingerprint density at radius 2 is 1.67 bits per heavy atom. The van der Waals surface area contributed by atoms with Gasteiger partial charge in [-0.05, 0) is 78.4 Å². The molecule has 0 bridgehead atoms. The Labute approximate surface area is 202 Å². The van der Waals surface area contributed by atoms with Gasteiger partial charge in [0, 0.05) is 11.8 Å². The lowest BCUT2D eigenvalue weighted by Gasteiger charge is -2.60. The maximum atomic E-state index is 5.27. The van der Waals surface area contributed by atoms with Gasteiger partial charge in [-0.2, -0.15) is 0 Å². The van der Waals surface area contributed by atoms with Crippen LogP contribution in [0.3, 0.4) is 0 Å². The molecule has 4 aliphatic carbocycles. The summed E-state index contributed by atoms with van der Waals surface area (Å²) < 4.78 is 5.27. The average Bonchev–Trinajstić information content (AvgIpc) is 3.30. The van der Waals surface area contributed by atoms with Crippen LogP contribution in [-0.2, 0) is 11.8 Å². The minimum absolute atomic E-state index is 0.0334. The van der Waals surface area contributed by atoms with Gasteiger partial charge < -0.3 is 0 Å². The van der Waals surface area contributed by atoms with E-state index in [0.29, 0.717) is 16.7 Å². The highest BCUT2D eigenvalue weighted by atomic mass is 16.6. The molecule has 0 unspecified atom stereocenters. The fraction of sp³-hybridized carbons (Fsp3) is 0.867. The zero-order valence-electron chi connectivity index (χ0n) is 22.7. The van der Waals surface area contributed by atoms with Crippen molar-refractivity contribution < 1.29 is 4.63 Å². The van der Waals surface area contributed by atoms with E-state index in [1.54, 1.807) is 0 Å². The zero-order valence-corrected chi connectivity index (χ0v) is 22.7. The first kappa shape index (κ1) is 23.6. The van der Waals surface area contributed by atoms with Crippen LogP contribution in [0, 0.1) is 39.9 Å². The number of hydrogen-bond acceptors (Lipinski definition) is 3. The molecule has 1 saturated carbocycles. The van der Waals surface area contributed by atoms with Crippen molar-refractivity contribution in [1.82, 2.24) is 10.3 Å². The predicted octanol–water partition coefficient (Wildman–Crippen LogP) is 8.30. The molecule has 0 saturated heterocycles. The molecule has 33 heavy (non-hydrogen) atoms. The molecule has 6 atom stereocenters. The summed E-state index contributed by atoms with van der Waals surface area (Å²) in [7, 11) is 0. The zero-order chi connectivity index (χ0) is 23.8. The van der Waals surface area contributed by atoms with Crippen LogP contribution in [0.15, 0.2) is 15.8 Å². The number of rotatable bonds is 5. The first-order valence-corrected chi connectivity index (χ1v) is 14.0. The third kappa shape index (κ3) is 3.19. The van der Waals surface area contributed by atoms with Crippen molar-refractivity contribution in [3.63, 3.8) is 0 Å². The van der Waals surface area contributed by atoms with E-state index in [0.717, 1.165) is 35.6 Å². The maximum Gasteiger partial charge on any atom is 0.114 e. The quantitative estimate of drug-likeness (QED) is 0.422. The van der Waals surface area contributed by atoms with Crippen LogP contribution in [0.2, 0.25) is 0 Å². The second kappa shape index (κ2) is 7.69. The smallest absolute Gasteiger partial charge is 0.114 e. The van der Waals surface area contributed by atoms with E-state index in [1.165, 1.54) is 57.8 Å². The van der Waals surface area contributed by atoms with Gasteiger partial charge in [0.25, 0.3) is 0 Å². The van der Waals surface area contributed by atoms with Crippen molar-refractivity contribution in [3.8, 4) is 0 Å². The van der Waals surface area contributed by atoms with Crippen LogP contribution in [0.5, 0.6) is 0 Å². The van der Waals surface area contributed by atoms with Gasteiger partial charge in [0.2, 0.25) is 0 Å². The van der Waals surface area contributed by atoms with Crippen LogP contribution in [0.1, 0.15) is 125 Å². The van der Waals surface area contributed by atoms with Crippen LogP contribution in [0.4, 0.5) is 0 Å². The molecule has 4 aliphatic rings. The van der Waals surface area contributed by atoms with Crippen molar-refractivity contribution in [2.24, 2.45) is 39.9 Å². The highest BCUT2D eigenvalue weighted by Crippen LogP contribution is 2.72. The molecule has 0 aromatic carbocycles. The average molecular weight is 453 g/mol. The van der Waals surface area contributed by atoms with Crippen LogP contribution in [-0.4, -0.2) is 10.3 Å². The molecular weight excluding hydrogens is 404 g/mol. The molecule has 0 amide bonds. The molecule has 0 N–H and O–H groups in total. The normalized spacial score (nSPS) is 40.3. The second-order valence-electron chi connectivity index (χ2n) is 14.1. The van der Waals surface area contributed by atoms with Crippen molar-refractivity contribution in [3.05, 3.63) is 22.5 Å². The third-order valence-corrected chi connectivity index (χ3v) is 11.8. The summed E-state index contributed by atoms with van der Waals surface area (Å²) >= 11 is 0. The summed E-state index contributed by atoms with van der Waals surface area (Å²) in [6.07, 6.45) is 13.3. The molecule has 0 aliphatic heterocycles. The van der Waals surface area contributed by atoms with Crippen molar-refractivity contribution in [2.45, 2.75) is 125 Å². The molecular formula is C30H48N2O. The van der Waals surface area contributed by atoms with Gasteiger partial charge in [0.1, 0.15) is 11.4 Å². The van der Waals surface area contributed by atoms with Gasteiger partial charge >= 0.3 is 0 Å². The van der Waals surface area contributed by atoms with Crippen molar-refractivity contribution in [1.29, 1.82) is 0 Å². The van der Waals surface area contributed by atoms with Crippen LogP contribution >= 0.6 is 0 Å². The lowest BCUT2D eigenvalue weighted by Crippen LogP contribution is -2.53. The number of fused-ring (bicyclic) bond motifs is 5. The molecule has 1 aromatic rings. The number of aromatic nitrogens is 2. The summed E-state index contributed by atoms with van der Waals surface area (Å²) in [5.41, 5.74) is 6.98. The van der Waals surface area contributed by atoms with Crippen molar-refractivity contribution in [2.75, 3.05) is 0 Å². The van der Waals surface area contributed by atoms with E-state index in [2.05, 4.69) is 65.7 Å². The Morgan fingerprint density at radius 3 is 2.39 bits per heavy atom. The maximum absolute atomic E-state index is 5.27. The lowest BCUT2D eigenvalue weighted by molar-refractivity contribution is 0.0133. The fourth-order valence-corrected chi connectivity index (χ4v) is 9.83. The van der Waals surface area contributed by atoms with Crippen LogP contribution in [0.25, 0.3) is 0 Å². The monoisotopic (exact) mass is 452 g/mol. The first-order chi connectivity index (χ1) is 15.4. The first-order valence-electron chi connectivity index (χ1n) is 14.0. The number of allylic oxidation sites excluding steroid dienone is 2. The third-order valence-electron chi connectivity index (χ3n) is 11.8. The Morgan fingerprint density at radius 1 is 0.909 bits per heavy atom. The Bertz CT molecular complexity index is 941. The fourth-order valence-electron chi connectivity index (χ4n) is 9.83. The van der Waals surface area contributed by atoms with Gasteiger partial charge in [-0.3, -0.25) is 0 Å². The number of hydrogen-bond donors (Lipinski definition) is 0. The highest BCUT2D eigenvalue weighted by Gasteiger charge is 2.63. The molecule has 1 aromatic heterocycles. The second-order valence-corrected chi connectivity index (χ2v) is 14.1. The lowest BCUT2D eigenvalue weighted by atomic mass is 9.44. The SMILES string of the molecule is CC(C)CCC[C@@H](C)[C@H]1CC[C@@]2(C)C3=C(CC[C@]12C)[C@@]1(C)Cc2nonc2C(C)(C)[C@@H]1CC3. The van der Waals surface area contributed by atoms with E-state index in [-0.39, 0.29) is 10.8 Å². The summed E-state index contributed by atoms with van der Waals surface area (Å²) in [4.78, 5) is 0. The van der Waals surface area contributed by atoms with Crippen LogP contribution < -0.4 is 0 Å². The van der Waals surface area contributed by atoms with E-state index < -0.39 is 0 Å². The topological polar surface area (TPSA) is 38.9 Å². The molecule has 5 rings (SSSR count). The molecule has 0 radical (unpaired) electrons. The van der Waals surface area contributed by atoms with E-state index in [4.69, 9.17) is 4.63 Å².